The first-order valence-electron chi connectivity index (χ1n) is 4.23. The second kappa shape index (κ2) is 2.79. The molecule has 3 N–H and O–H groups in total. The Bertz CT molecular complexity index is 282. The zero-order valence-corrected chi connectivity index (χ0v) is 7.13. The number of anilines is 1. The van der Waals surface area contributed by atoms with E-state index in [0.29, 0.717) is 12.1 Å². The number of hydrogen-bond donors (Lipinski definition) is 2. The van der Waals surface area contributed by atoms with Gasteiger partial charge in [-0.1, -0.05) is 0 Å². The van der Waals surface area contributed by atoms with Crippen LogP contribution < -0.4 is 11.1 Å². The molecule has 1 aliphatic rings. The van der Waals surface area contributed by atoms with Crippen LogP contribution in [-0.4, -0.2) is 12.0 Å². The number of nitrogens with zero attached hydrogens (tertiary/aromatic N) is 1. The van der Waals surface area contributed by atoms with E-state index in [0.717, 1.165) is 30.7 Å². The zero-order chi connectivity index (χ0) is 8.55. The third kappa shape index (κ3) is 1.08. The summed E-state index contributed by atoms with van der Waals surface area (Å²) < 4.78 is 5.31. The van der Waals surface area contributed by atoms with Crippen molar-refractivity contribution >= 4 is 6.01 Å². The van der Waals surface area contributed by atoms with Gasteiger partial charge in [0.1, 0.15) is 5.76 Å². The fourth-order valence-corrected chi connectivity index (χ4v) is 1.71. The molecule has 66 valence electrons. The van der Waals surface area contributed by atoms with Crippen molar-refractivity contribution < 1.29 is 4.42 Å². The van der Waals surface area contributed by atoms with Gasteiger partial charge in [0.15, 0.2) is 0 Å². The molecule has 0 saturated carbocycles. The number of hydrogen-bond acceptors (Lipinski definition) is 4. The first-order chi connectivity index (χ1) is 5.81. The van der Waals surface area contributed by atoms with Crippen LogP contribution in [0.2, 0.25) is 0 Å². The smallest absolute Gasteiger partial charge is 0.292 e. The Hall–Kier alpha value is -1.03. The Balaban J connectivity index is 2.36. The van der Waals surface area contributed by atoms with E-state index >= 15 is 0 Å². The van der Waals surface area contributed by atoms with Crippen LogP contribution in [0.1, 0.15) is 30.3 Å². The van der Waals surface area contributed by atoms with Crippen molar-refractivity contribution in [2.24, 2.45) is 0 Å². The molecule has 0 amide bonds. The fourth-order valence-electron chi connectivity index (χ4n) is 1.71. The van der Waals surface area contributed by atoms with Crippen LogP contribution in [0.15, 0.2) is 4.42 Å². The van der Waals surface area contributed by atoms with E-state index < -0.39 is 0 Å². The lowest BCUT2D eigenvalue weighted by Crippen LogP contribution is -2.20. The number of oxazole rings is 1. The number of aromatic nitrogens is 1. The maximum absolute atomic E-state index is 5.47. The maximum atomic E-state index is 5.47. The fraction of sp³-hybridized carbons (Fsp3) is 0.625. The van der Waals surface area contributed by atoms with Gasteiger partial charge in [0.2, 0.25) is 0 Å². The Morgan fingerprint density at radius 1 is 1.67 bits per heavy atom. The summed E-state index contributed by atoms with van der Waals surface area (Å²) in [5, 5.41) is 3.18. The van der Waals surface area contributed by atoms with Crippen LogP contribution in [0.3, 0.4) is 0 Å². The van der Waals surface area contributed by atoms with Crippen molar-refractivity contribution in [2.75, 3.05) is 12.8 Å². The molecule has 1 unspecified atom stereocenters. The number of nitrogens with two attached hydrogens (primary N) is 1. The summed E-state index contributed by atoms with van der Waals surface area (Å²) in [6.45, 7) is 0. The second-order valence-electron chi connectivity index (χ2n) is 3.10. The summed E-state index contributed by atoms with van der Waals surface area (Å²) in [6.07, 6.45) is 3.26. The van der Waals surface area contributed by atoms with Crippen LogP contribution in [-0.2, 0) is 6.42 Å². The largest absolute Gasteiger partial charge is 0.427 e. The molecule has 1 aromatic heterocycles. The minimum absolute atomic E-state index is 0.294. The third-order valence-electron chi connectivity index (χ3n) is 2.32. The summed E-state index contributed by atoms with van der Waals surface area (Å²) >= 11 is 0. The quantitative estimate of drug-likeness (QED) is 0.651. The van der Waals surface area contributed by atoms with Crippen molar-refractivity contribution in [1.29, 1.82) is 0 Å². The average molecular weight is 167 g/mol. The first kappa shape index (κ1) is 7.61. The molecule has 4 nitrogen and oxygen atoms in total. The van der Waals surface area contributed by atoms with Gasteiger partial charge in [-0.2, -0.15) is 4.98 Å². The molecular formula is C8H13N3O. The molecule has 12 heavy (non-hydrogen) atoms. The number of nitrogens with one attached hydrogen (secondary N) is 1. The summed E-state index contributed by atoms with van der Waals surface area (Å²) in [5.41, 5.74) is 6.50. The Kier molecular flexibility index (Phi) is 1.77. The molecule has 1 heterocycles. The summed E-state index contributed by atoms with van der Waals surface area (Å²) in [6, 6.07) is 0.598. The van der Waals surface area contributed by atoms with Crippen molar-refractivity contribution in [3.05, 3.63) is 11.5 Å². The molecule has 0 aromatic carbocycles. The van der Waals surface area contributed by atoms with Gasteiger partial charge < -0.3 is 15.5 Å². The van der Waals surface area contributed by atoms with Crippen molar-refractivity contribution in [1.82, 2.24) is 10.3 Å². The minimum atomic E-state index is 0.294. The first-order valence-corrected chi connectivity index (χ1v) is 4.23. The third-order valence-corrected chi connectivity index (χ3v) is 2.32. The Morgan fingerprint density at radius 3 is 3.25 bits per heavy atom. The molecule has 0 spiro atoms. The number of fused-ring (bicyclic) bond motifs is 1. The normalized spacial score (nSPS) is 22.2. The highest BCUT2D eigenvalue weighted by Gasteiger charge is 2.24. The van der Waals surface area contributed by atoms with Crippen LogP contribution in [0, 0.1) is 0 Å². The van der Waals surface area contributed by atoms with Crippen molar-refractivity contribution in [3.63, 3.8) is 0 Å². The summed E-state index contributed by atoms with van der Waals surface area (Å²) in [5.74, 6) is 0.932. The molecule has 0 fully saturated rings. The number of aryl methyl sites for hydroxylation is 1. The van der Waals surface area contributed by atoms with E-state index in [2.05, 4.69) is 10.3 Å². The van der Waals surface area contributed by atoms with E-state index in [1.165, 1.54) is 0 Å². The van der Waals surface area contributed by atoms with Gasteiger partial charge in [0.25, 0.3) is 6.01 Å². The predicted octanol–water partition coefficient (Wildman–Crippen LogP) is 0.854. The molecule has 4 heteroatoms. The van der Waals surface area contributed by atoms with E-state index in [-0.39, 0.29) is 0 Å². The molecule has 1 atom stereocenters. The van der Waals surface area contributed by atoms with Crippen LogP contribution in [0.25, 0.3) is 0 Å². The van der Waals surface area contributed by atoms with Gasteiger partial charge >= 0.3 is 0 Å². The average Bonchev–Trinajstić information content (AvgIpc) is 2.44. The number of rotatable bonds is 1. The summed E-state index contributed by atoms with van der Waals surface area (Å²) in [7, 11) is 1.93. The van der Waals surface area contributed by atoms with E-state index in [1.54, 1.807) is 0 Å². The van der Waals surface area contributed by atoms with Gasteiger partial charge in [-0.25, -0.2) is 0 Å². The predicted molar refractivity (Wildman–Crippen MR) is 45.7 cm³/mol. The lowest BCUT2D eigenvalue weighted by molar-refractivity contribution is 0.392. The molecule has 0 radical (unpaired) electrons. The SMILES string of the molecule is CNC1CCCc2nc(N)oc21. The molecule has 0 bridgehead atoms. The molecular weight excluding hydrogens is 154 g/mol. The lowest BCUT2D eigenvalue weighted by Gasteiger charge is -2.18. The highest BCUT2D eigenvalue weighted by molar-refractivity contribution is 5.24. The van der Waals surface area contributed by atoms with Crippen LogP contribution >= 0.6 is 0 Å². The second-order valence-corrected chi connectivity index (χ2v) is 3.10. The van der Waals surface area contributed by atoms with E-state index in [1.807, 2.05) is 7.05 Å². The Labute approximate surface area is 71.2 Å². The van der Waals surface area contributed by atoms with Gasteiger partial charge in [0, 0.05) is 0 Å². The van der Waals surface area contributed by atoms with Gasteiger partial charge in [-0.3, -0.25) is 0 Å². The molecule has 0 aliphatic heterocycles. The van der Waals surface area contributed by atoms with E-state index in [4.69, 9.17) is 10.2 Å². The zero-order valence-electron chi connectivity index (χ0n) is 7.13. The van der Waals surface area contributed by atoms with Gasteiger partial charge in [-0.05, 0) is 26.3 Å². The number of nitrogen functional groups attached to an aromatic ring is 1. The highest BCUT2D eigenvalue weighted by Crippen LogP contribution is 2.30. The molecule has 0 saturated heterocycles. The van der Waals surface area contributed by atoms with Crippen molar-refractivity contribution in [3.8, 4) is 0 Å². The Morgan fingerprint density at radius 2 is 2.50 bits per heavy atom. The summed E-state index contributed by atoms with van der Waals surface area (Å²) in [4.78, 5) is 4.12. The van der Waals surface area contributed by atoms with Gasteiger partial charge in [-0.15, -0.1) is 0 Å². The van der Waals surface area contributed by atoms with Crippen molar-refractivity contribution in [2.45, 2.75) is 25.3 Å². The molecule has 2 rings (SSSR count). The molecule has 1 aromatic rings. The van der Waals surface area contributed by atoms with Crippen LogP contribution in [0.5, 0.6) is 0 Å². The monoisotopic (exact) mass is 167 g/mol. The lowest BCUT2D eigenvalue weighted by atomic mass is 9.97. The minimum Gasteiger partial charge on any atom is -0.427 e. The highest BCUT2D eigenvalue weighted by atomic mass is 16.4. The van der Waals surface area contributed by atoms with Gasteiger partial charge in [0.05, 0.1) is 11.7 Å². The molecule has 1 aliphatic carbocycles. The maximum Gasteiger partial charge on any atom is 0.292 e. The topological polar surface area (TPSA) is 64.1 Å². The standard InChI is InChI=1S/C8H13N3O/c1-10-5-3-2-4-6-7(5)12-8(9)11-6/h5,10H,2-4H2,1H3,(H2,9,11). The van der Waals surface area contributed by atoms with Crippen LogP contribution in [0.4, 0.5) is 6.01 Å². The van der Waals surface area contributed by atoms with E-state index in [9.17, 15) is 0 Å².